The fraction of sp³-hybridized carbons (Fsp3) is 0.276. The molecule has 0 saturated carbocycles. The number of ketones is 1. The number of methoxy groups -OCH3 is 4. The predicted molar refractivity (Wildman–Crippen MR) is 147 cm³/mol. The Bertz CT molecular complexity index is 1390. The maximum Gasteiger partial charge on any atom is 0.174 e. The number of carbonyl (C=O) groups excluding carboxylic acids is 1. The van der Waals surface area contributed by atoms with E-state index in [2.05, 4.69) is 26.6 Å². The van der Waals surface area contributed by atoms with E-state index in [4.69, 9.17) is 18.9 Å². The van der Waals surface area contributed by atoms with Crippen LogP contribution in [0.5, 0.6) is 23.0 Å². The Labute approximate surface area is 224 Å². The Morgan fingerprint density at radius 1 is 0.784 bits per heavy atom. The number of Topliss-reactive ketones (excluding diaryl/α,β-unsaturated/α-hetero) is 1. The summed E-state index contributed by atoms with van der Waals surface area (Å²) in [5.41, 5.74) is 5.42. The molecule has 1 aliphatic carbocycles. The average molecular weight is 565 g/mol. The van der Waals surface area contributed by atoms with Crippen molar-refractivity contribution in [3.05, 3.63) is 81.5 Å². The third-order valence-electron chi connectivity index (χ3n) is 6.98. The highest BCUT2D eigenvalue weighted by molar-refractivity contribution is 9.10. The van der Waals surface area contributed by atoms with E-state index in [1.54, 1.807) is 28.4 Å². The lowest BCUT2D eigenvalue weighted by molar-refractivity contribution is -0.116. The van der Waals surface area contributed by atoms with Crippen molar-refractivity contribution in [3.8, 4) is 23.0 Å². The van der Waals surface area contributed by atoms with Crippen LogP contribution in [-0.4, -0.2) is 34.2 Å². The number of allylic oxidation sites excluding steroid dienone is 1. The predicted octanol–water partition coefficient (Wildman–Crippen LogP) is 6.46. The van der Waals surface area contributed by atoms with Gasteiger partial charge in [-0.2, -0.15) is 0 Å². The van der Waals surface area contributed by atoms with Crippen LogP contribution in [0.15, 0.2) is 70.3 Å². The second-order valence-corrected chi connectivity index (χ2v) is 9.88. The summed E-state index contributed by atoms with van der Waals surface area (Å²) < 4.78 is 22.8. The number of halogens is 1. The first kappa shape index (κ1) is 25.0. The van der Waals surface area contributed by atoms with Crippen LogP contribution in [0.4, 0.5) is 11.4 Å². The summed E-state index contributed by atoms with van der Waals surface area (Å²) in [6.45, 7) is 0. The zero-order valence-electron chi connectivity index (χ0n) is 21.2. The first-order valence-electron chi connectivity index (χ1n) is 12.0. The Balaban J connectivity index is 1.61. The van der Waals surface area contributed by atoms with Crippen LogP contribution in [-0.2, 0) is 4.79 Å². The van der Waals surface area contributed by atoms with Gasteiger partial charge in [0.25, 0.3) is 0 Å². The molecule has 1 aliphatic heterocycles. The molecule has 8 heteroatoms. The number of hydrogen-bond acceptors (Lipinski definition) is 7. The van der Waals surface area contributed by atoms with E-state index in [9.17, 15) is 4.79 Å². The molecule has 2 N–H and O–H groups in total. The minimum Gasteiger partial charge on any atom is -0.493 e. The van der Waals surface area contributed by atoms with Crippen molar-refractivity contribution in [1.82, 2.24) is 0 Å². The molecule has 7 nitrogen and oxygen atoms in total. The maximum absolute atomic E-state index is 13.9. The second kappa shape index (κ2) is 10.4. The zero-order valence-corrected chi connectivity index (χ0v) is 22.8. The molecule has 0 amide bonds. The lowest BCUT2D eigenvalue weighted by atomic mass is 9.78. The van der Waals surface area contributed by atoms with E-state index < -0.39 is 0 Å². The maximum atomic E-state index is 13.9. The van der Waals surface area contributed by atoms with Gasteiger partial charge in [0, 0.05) is 17.7 Å². The highest BCUT2D eigenvalue weighted by Gasteiger charge is 2.37. The lowest BCUT2D eigenvalue weighted by Crippen LogP contribution is -2.27. The van der Waals surface area contributed by atoms with Gasteiger partial charge in [0.2, 0.25) is 0 Å². The topological polar surface area (TPSA) is 78.1 Å². The van der Waals surface area contributed by atoms with E-state index in [0.29, 0.717) is 35.8 Å². The van der Waals surface area contributed by atoms with Gasteiger partial charge in [0.1, 0.15) is 0 Å². The standard InChI is InChI=1S/C29H29BrN2O5/c1-34-24-10-9-16(14-25(24)35-2)17-12-22-27(23(33)13-17)28(32-21-8-6-5-7-20(21)31-22)18-11-19(30)29(37-4)26(15-18)36-3/h5-11,14-15,17,28,31-32H,12-13H2,1-4H3/t17-,28-/m1/s1. The van der Waals surface area contributed by atoms with Gasteiger partial charge in [-0.25, -0.2) is 0 Å². The van der Waals surface area contributed by atoms with Gasteiger partial charge in [-0.05, 0) is 75.8 Å². The van der Waals surface area contributed by atoms with Crippen LogP contribution in [0, 0.1) is 0 Å². The van der Waals surface area contributed by atoms with Crippen LogP contribution < -0.4 is 29.6 Å². The van der Waals surface area contributed by atoms with E-state index in [0.717, 1.165) is 38.2 Å². The van der Waals surface area contributed by atoms with Gasteiger partial charge in [-0.3, -0.25) is 4.79 Å². The fourth-order valence-corrected chi connectivity index (χ4v) is 5.81. The molecule has 37 heavy (non-hydrogen) atoms. The normalized spacial score (nSPS) is 18.6. The largest absolute Gasteiger partial charge is 0.493 e. The van der Waals surface area contributed by atoms with Gasteiger partial charge in [0.15, 0.2) is 28.8 Å². The van der Waals surface area contributed by atoms with Crippen molar-refractivity contribution < 1.29 is 23.7 Å². The molecule has 2 aliphatic rings. The van der Waals surface area contributed by atoms with Crippen molar-refractivity contribution in [2.24, 2.45) is 0 Å². The molecule has 1 heterocycles. The lowest BCUT2D eigenvalue weighted by Gasteiger charge is -2.30. The van der Waals surface area contributed by atoms with Crippen LogP contribution >= 0.6 is 15.9 Å². The van der Waals surface area contributed by atoms with Crippen molar-refractivity contribution in [1.29, 1.82) is 0 Å². The van der Waals surface area contributed by atoms with Crippen LogP contribution in [0.25, 0.3) is 0 Å². The Kier molecular flexibility index (Phi) is 7.02. The van der Waals surface area contributed by atoms with E-state index in [1.165, 1.54) is 0 Å². The summed E-state index contributed by atoms with van der Waals surface area (Å²) in [5.74, 6) is 2.61. The summed E-state index contributed by atoms with van der Waals surface area (Å²) >= 11 is 3.61. The van der Waals surface area contributed by atoms with Crippen molar-refractivity contribution >= 4 is 33.1 Å². The number of hydrogen-bond donors (Lipinski definition) is 2. The molecule has 0 saturated heterocycles. The second-order valence-electron chi connectivity index (χ2n) is 9.02. The summed E-state index contributed by atoms with van der Waals surface area (Å²) in [6.07, 6.45) is 1.07. The number of ether oxygens (including phenoxy) is 4. The molecule has 0 spiro atoms. The zero-order chi connectivity index (χ0) is 26.1. The molecule has 0 unspecified atom stereocenters. The Hall–Kier alpha value is -3.65. The smallest absolute Gasteiger partial charge is 0.174 e. The first-order valence-corrected chi connectivity index (χ1v) is 12.8. The SMILES string of the molecule is COc1ccc([C@H]2CC(=O)C3=C(C2)Nc2ccccc2N[C@@H]3c2cc(Br)c(OC)c(OC)c2)cc1OC. The molecular weight excluding hydrogens is 536 g/mol. The quantitative estimate of drug-likeness (QED) is 0.355. The van der Waals surface area contributed by atoms with Gasteiger partial charge >= 0.3 is 0 Å². The van der Waals surface area contributed by atoms with Crippen LogP contribution in [0.1, 0.15) is 35.9 Å². The van der Waals surface area contributed by atoms with E-state index >= 15 is 0 Å². The first-order chi connectivity index (χ1) is 18.0. The number of para-hydroxylation sites is 2. The highest BCUT2D eigenvalue weighted by Crippen LogP contribution is 2.47. The number of nitrogens with one attached hydrogen (secondary N) is 2. The summed E-state index contributed by atoms with van der Waals surface area (Å²) in [5, 5.41) is 7.20. The summed E-state index contributed by atoms with van der Waals surface area (Å²) in [7, 11) is 6.45. The van der Waals surface area contributed by atoms with Gasteiger partial charge < -0.3 is 29.6 Å². The third-order valence-corrected chi connectivity index (χ3v) is 7.57. The molecule has 2 atom stereocenters. The van der Waals surface area contributed by atoms with Crippen molar-refractivity contribution in [2.45, 2.75) is 24.8 Å². The minimum atomic E-state index is -0.374. The Morgan fingerprint density at radius 3 is 2.19 bits per heavy atom. The molecule has 192 valence electrons. The van der Waals surface area contributed by atoms with Crippen LogP contribution in [0.3, 0.4) is 0 Å². The molecule has 3 aromatic carbocycles. The van der Waals surface area contributed by atoms with E-state index in [-0.39, 0.29) is 17.7 Å². The van der Waals surface area contributed by atoms with Gasteiger partial charge in [0.05, 0.1) is 50.3 Å². The van der Waals surface area contributed by atoms with E-state index in [1.807, 2.05) is 54.6 Å². The molecular formula is C29H29BrN2O5. The fourth-order valence-electron chi connectivity index (χ4n) is 5.19. The molecule has 3 aromatic rings. The summed E-state index contributed by atoms with van der Waals surface area (Å²) in [6, 6.07) is 17.4. The number of benzene rings is 3. The molecule has 0 fully saturated rings. The Morgan fingerprint density at radius 2 is 1.49 bits per heavy atom. The molecule has 0 radical (unpaired) electrons. The number of rotatable bonds is 6. The van der Waals surface area contributed by atoms with Crippen LogP contribution in [0.2, 0.25) is 0 Å². The summed E-state index contributed by atoms with van der Waals surface area (Å²) in [4.78, 5) is 13.9. The molecule has 0 aromatic heterocycles. The number of carbonyl (C=O) groups is 1. The molecule has 5 rings (SSSR count). The highest BCUT2D eigenvalue weighted by atomic mass is 79.9. The number of fused-ring (bicyclic) bond motifs is 1. The van der Waals surface area contributed by atoms with Crippen molar-refractivity contribution in [3.63, 3.8) is 0 Å². The van der Waals surface area contributed by atoms with Crippen molar-refractivity contribution in [2.75, 3.05) is 39.1 Å². The number of anilines is 2. The molecule has 0 bridgehead atoms. The monoisotopic (exact) mass is 564 g/mol. The van der Waals surface area contributed by atoms with Gasteiger partial charge in [-0.1, -0.05) is 18.2 Å². The third kappa shape index (κ3) is 4.62. The average Bonchev–Trinajstić information content (AvgIpc) is 3.09. The van der Waals surface area contributed by atoms with Gasteiger partial charge in [-0.15, -0.1) is 0 Å². The minimum absolute atomic E-state index is 0.00149.